The molecule has 1 fully saturated rings. The van der Waals surface area contributed by atoms with E-state index in [4.69, 9.17) is 21.5 Å². The number of hydrogen-bond acceptors (Lipinski definition) is 4. The van der Waals surface area contributed by atoms with Crippen LogP contribution in [0.1, 0.15) is 18.1 Å². The molecule has 0 bridgehead atoms. The van der Waals surface area contributed by atoms with Crippen LogP contribution in [0.2, 0.25) is 5.02 Å². The Morgan fingerprint density at radius 2 is 1.80 bits per heavy atom. The zero-order valence-electron chi connectivity index (χ0n) is 17.0. The lowest BCUT2D eigenvalue weighted by atomic mass is 10.1. The minimum absolute atomic E-state index is 0.187. The van der Waals surface area contributed by atoms with Gasteiger partial charge in [-0.15, -0.1) is 0 Å². The Labute approximate surface area is 182 Å². The van der Waals surface area contributed by atoms with Gasteiger partial charge in [-0.2, -0.15) is 0 Å². The van der Waals surface area contributed by atoms with Gasteiger partial charge in [0.25, 0.3) is 10.0 Å². The van der Waals surface area contributed by atoms with Gasteiger partial charge in [0.2, 0.25) is 0 Å². The van der Waals surface area contributed by atoms with Gasteiger partial charge in [0.05, 0.1) is 13.2 Å². The van der Waals surface area contributed by atoms with E-state index >= 15 is 0 Å². The molecule has 1 aromatic heterocycles. The Balaban J connectivity index is 1.64. The number of morpholine rings is 1. The first-order valence-electron chi connectivity index (χ1n) is 10.1. The number of nitrogens with zero attached hydrogens (tertiary/aromatic N) is 2. The number of benzene rings is 2. The van der Waals surface area contributed by atoms with Crippen molar-refractivity contribution in [1.82, 2.24) is 4.57 Å². The fourth-order valence-electron chi connectivity index (χ4n) is 4.20. The molecule has 160 valence electrons. The maximum absolute atomic E-state index is 12.4. The highest BCUT2D eigenvalue weighted by Crippen LogP contribution is 2.32. The predicted octanol–water partition coefficient (Wildman–Crippen LogP) is 3.58. The van der Waals surface area contributed by atoms with Crippen LogP contribution in [-0.4, -0.2) is 39.3 Å². The number of rotatable bonds is 6. The molecule has 2 N–H and O–H groups in total. The van der Waals surface area contributed by atoms with E-state index in [-0.39, 0.29) is 5.03 Å². The number of ether oxygens (including phenoxy) is 1. The SMILES string of the molecule is CCc1c(S(N)(=O)=O)n(CCc2ccc(N3CCOCC3)cc2)c2ccc(Cl)cc12. The zero-order chi connectivity index (χ0) is 21.3. The van der Waals surface area contributed by atoms with Crippen LogP contribution in [0, 0.1) is 0 Å². The molecule has 30 heavy (non-hydrogen) atoms. The van der Waals surface area contributed by atoms with Crippen molar-refractivity contribution in [2.24, 2.45) is 5.14 Å². The van der Waals surface area contributed by atoms with Crippen LogP contribution >= 0.6 is 11.6 Å². The number of primary sulfonamides is 1. The van der Waals surface area contributed by atoms with E-state index in [9.17, 15) is 8.42 Å². The van der Waals surface area contributed by atoms with E-state index in [0.717, 1.165) is 48.3 Å². The summed E-state index contributed by atoms with van der Waals surface area (Å²) >= 11 is 6.17. The minimum atomic E-state index is -3.88. The van der Waals surface area contributed by atoms with Gasteiger partial charge in [-0.25, -0.2) is 13.6 Å². The minimum Gasteiger partial charge on any atom is -0.378 e. The second kappa shape index (κ2) is 8.59. The fraction of sp³-hybridized carbons (Fsp3) is 0.364. The molecule has 0 unspecified atom stereocenters. The molecule has 0 aliphatic carbocycles. The van der Waals surface area contributed by atoms with Gasteiger partial charge in [0, 0.05) is 41.2 Å². The van der Waals surface area contributed by atoms with E-state index in [1.54, 1.807) is 6.07 Å². The number of aryl methyl sites for hydroxylation is 3. The Hall–Kier alpha value is -2.06. The summed E-state index contributed by atoms with van der Waals surface area (Å²) < 4.78 is 32.1. The highest BCUT2D eigenvalue weighted by molar-refractivity contribution is 7.89. The molecule has 1 saturated heterocycles. The molecule has 1 aliphatic rings. The maximum Gasteiger partial charge on any atom is 0.254 e. The van der Waals surface area contributed by atoms with Crippen LogP contribution in [0.25, 0.3) is 10.9 Å². The number of nitrogens with two attached hydrogens (primary N) is 1. The maximum atomic E-state index is 12.4. The van der Waals surface area contributed by atoms with Crippen LogP contribution in [-0.2, 0) is 34.1 Å². The van der Waals surface area contributed by atoms with Crippen molar-refractivity contribution >= 4 is 38.2 Å². The number of hydrogen-bond donors (Lipinski definition) is 1. The van der Waals surface area contributed by atoms with E-state index < -0.39 is 10.0 Å². The van der Waals surface area contributed by atoms with Gasteiger partial charge in [-0.3, -0.25) is 0 Å². The first-order chi connectivity index (χ1) is 14.4. The van der Waals surface area contributed by atoms with Gasteiger partial charge < -0.3 is 14.2 Å². The Kier molecular flexibility index (Phi) is 6.06. The first-order valence-corrected chi connectivity index (χ1v) is 12.1. The molecule has 0 saturated carbocycles. The standard InChI is InChI=1S/C22H26ClN3O3S/c1-2-19-20-15-17(23)5-8-21(20)26(22(19)30(24,27)28)10-9-16-3-6-18(7-4-16)25-11-13-29-14-12-25/h3-8,15H,2,9-14H2,1H3,(H2,24,27,28). The third-order valence-corrected chi connectivity index (χ3v) is 6.88. The van der Waals surface area contributed by atoms with Crippen LogP contribution in [0.5, 0.6) is 0 Å². The summed E-state index contributed by atoms with van der Waals surface area (Å²) in [6.07, 6.45) is 1.26. The Morgan fingerprint density at radius 1 is 1.10 bits per heavy atom. The third kappa shape index (κ3) is 4.21. The lowest BCUT2D eigenvalue weighted by molar-refractivity contribution is 0.122. The van der Waals surface area contributed by atoms with Crippen LogP contribution in [0.15, 0.2) is 47.5 Å². The van der Waals surface area contributed by atoms with Gasteiger partial charge in [-0.1, -0.05) is 30.7 Å². The second-order valence-electron chi connectivity index (χ2n) is 7.51. The van der Waals surface area contributed by atoms with Crippen molar-refractivity contribution in [3.63, 3.8) is 0 Å². The summed E-state index contributed by atoms with van der Waals surface area (Å²) in [5.74, 6) is 0. The Bertz CT molecular complexity index is 1150. The number of anilines is 1. The molecule has 0 spiro atoms. The number of aromatic nitrogens is 1. The Morgan fingerprint density at radius 3 is 2.43 bits per heavy atom. The van der Waals surface area contributed by atoms with Crippen molar-refractivity contribution in [3.05, 3.63) is 58.6 Å². The summed E-state index contributed by atoms with van der Waals surface area (Å²) in [6, 6.07) is 13.9. The normalized spacial score (nSPS) is 15.1. The van der Waals surface area contributed by atoms with E-state index in [0.29, 0.717) is 24.4 Å². The van der Waals surface area contributed by atoms with E-state index in [2.05, 4.69) is 29.2 Å². The number of halogens is 1. The van der Waals surface area contributed by atoms with Crippen molar-refractivity contribution < 1.29 is 13.2 Å². The smallest absolute Gasteiger partial charge is 0.254 e. The largest absolute Gasteiger partial charge is 0.378 e. The van der Waals surface area contributed by atoms with E-state index in [1.807, 2.05) is 23.6 Å². The van der Waals surface area contributed by atoms with Crippen molar-refractivity contribution in [2.75, 3.05) is 31.2 Å². The third-order valence-electron chi connectivity index (χ3n) is 5.64. The lowest BCUT2D eigenvalue weighted by Gasteiger charge is -2.28. The van der Waals surface area contributed by atoms with Crippen LogP contribution in [0.3, 0.4) is 0 Å². The van der Waals surface area contributed by atoms with Gasteiger partial charge in [0.1, 0.15) is 0 Å². The summed E-state index contributed by atoms with van der Waals surface area (Å²) in [5.41, 5.74) is 3.88. The number of sulfonamides is 1. The van der Waals surface area contributed by atoms with Crippen molar-refractivity contribution in [3.8, 4) is 0 Å². The molecule has 0 amide bonds. The molecule has 3 aromatic rings. The molecule has 6 nitrogen and oxygen atoms in total. The van der Waals surface area contributed by atoms with Gasteiger partial charge in [0.15, 0.2) is 5.03 Å². The molecule has 2 aromatic carbocycles. The summed E-state index contributed by atoms with van der Waals surface area (Å²) in [4.78, 5) is 2.31. The summed E-state index contributed by atoms with van der Waals surface area (Å²) in [5, 5.41) is 7.22. The van der Waals surface area contributed by atoms with Crippen LogP contribution in [0.4, 0.5) is 5.69 Å². The molecule has 2 heterocycles. The molecule has 4 rings (SSSR count). The lowest BCUT2D eigenvalue weighted by Crippen LogP contribution is -2.36. The molecule has 8 heteroatoms. The molecular formula is C22H26ClN3O3S. The summed E-state index contributed by atoms with van der Waals surface area (Å²) in [7, 11) is -3.88. The quantitative estimate of drug-likeness (QED) is 0.626. The molecule has 0 atom stereocenters. The predicted molar refractivity (Wildman–Crippen MR) is 121 cm³/mol. The van der Waals surface area contributed by atoms with Gasteiger partial charge >= 0.3 is 0 Å². The average Bonchev–Trinajstić information content (AvgIpc) is 3.06. The second-order valence-corrected chi connectivity index (χ2v) is 9.42. The summed E-state index contributed by atoms with van der Waals surface area (Å²) in [6.45, 7) is 5.74. The monoisotopic (exact) mass is 447 g/mol. The highest BCUT2D eigenvalue weighted by atomic mass is 35.5. The molecule has 0 radical (unpaired) electrons. The first kappa shape index (κ1) is 21.2. The highest BCUT2D eigenvalue weighted by Gasteiger charge is 2.24. The van der Waals surface area contributed by atoms with Crippen molar-refractivity contribution in [1.29, 1.82) is 0 Å². The zero-order valence-corrected chi connectivity index (χ0v) is 18.5. The molecular weight excluding hydrogens is 422 g/mol. The number of fused-ring (bicyclic) bond motifs is 1. The average molecular weight is 448 g/mol. The van der Waals surface area contributed by atoms with E-state index in [1.165, 1.54) is 5.69 Å². The molecule has 1 aliphatic heterocycles. The van der Waals surface area contributed by atoms with Crippen molar-refractivity contribution in [2.45, 2.75) is 31.3 Å². The van der Waals surface area contributed by atoms with Gasteiger partial charge in [-0.05, 0) is 54.3 Å². The van der Waals surface area contributed by atoms with Crippen LogP contribution < -0.4 is 10.0 Å². The fourth-order valence-corrected chi connectivity index (χ4v) is 5.46. The topological polar surface area (TPSA) is 77.6 Å².